The lowest BCUT2D eigenvalue weighted by Gasteiger charge is -2.28. The number of likely N-dealkylation sites (tertiary alicyclic amines) is 1. The Morgan fingerprint density at radius 1 is 1.19 bits per heavy atom. The number of nitrogens with one attached hydrogen (secondary N) is 2. The number of fused-ring (bicyclic) bond motifs is 1. The summed E-state index contributed by atoms with van der Waals surface area (Å²) in [4.78, 5) is 18.9. The van der Waals surface area contributed by atoms with Crippen molar-refractivity contribution in [3.63, 3.8) is 0 Å². The van der Waals surface area contributed by atoms with Gasteiger partial charge in [0.05, 0.1) is 16.8 Å². The van der Waals surface area contributed by atoms with Crippen molar-refractivity contribution >= 4 is 17.0 Å². The van der Waals surface area contributed by atoms with Crippen LogP contribution < -0.4 is 5.32 Å². The van der Waals surface area contributed by atoms with E-state index in [1.165, 1.54) is 38.4 Å². The van der Waals surface area contributed by atoms with Crippen LogP contribution in [0.2, 0.25) is 0 Å². The highest BCUT2D eigenvalue weighted by Crippen LogP contribution is 2.29. The Morgan fingerprint density at radius 3 is 2.71 bits per heavy atom. The molecule has 1 saturated heterocycles. The summed E-state index contributed by atoms with van der Waals surface area (Å²) in [6, 6.07) is 2.58. The highest BCUT2D eigenvalue weighted by Gasteiger charge is 2.19. The standard InChI is InChI=1S/C23H30F2N6/c1-14(2)20-16(22-28-18-7-6-17(24)19(25)21(18)29-22)13-27-23(30-20)26-10-4-5-15-8-11-31(3)12-9-15/h6-7,13-15H,4-5,8-12H2,1-3H3,(H,28,29)(H,26,27,30). The Kier molecular flexibility index (Phi) is 6.46. The number of benzene rings is 1. The number of aromatic amines is 1. The van der Waals surface area contributed by atoms with E-state index >= 15 is 0 Å². The first kappa shape index (κ1) is 21.6. The van der Waals surface area contributed by atoms with Gasteiger partial charge in [-0.25, -0.2) is 23.7 Å². The highest BCUT2D eigenvalue weighted by atomic mass is 19.2. The van der Waals surface area contributed by atoms with Crippen LogP contribution in [0.4, 0.5) is 14.7 Å². The number of imidazole rings is 1. The molecule has 0 radical (unpaired) electrons. The van der Waals surface area contributed by atoms with Crippen LogP contribution in [-0.4, -0.2) is 51.5 Å². The van der Waals surface area contributed by atoms with Crippen LogP contribution in [0, 0.1) is 17.6 Å². The van der Waals surface area contributed by atoms with Crippen LogP contribution in [-0.2, 0) is 0 Å². The molecule has 1 fully saturated rings. The summed E-state index contributed by atoms with van der Waals surface area (Å²) in [5, 5.41) is 3.34. The first-order valence-electron chi connectivity index (χ1n) is 11.1. The molecule has 0 amide bonds. The number of hydrogen-bond acceptors (Lipinski definition) is 5. The number of H-pyrrole nitrogens is 1. The van der Waals surface area contributed by atoms with Crippen LogP contribution in [0.5, 0.6) is 0 Å². The zero-order chi connectivity index (χ0) is 22.0. The van der Waals surface area contributed by atoms with E-state index in [9.17, 15) is 8.78 Å². The lowest BCUT2D eigenvalue weighted by atomic mass is 9.92. The van der Waals surface area contributed by atoms with E-state index in [1.54, 1.807) is 6.20 Å². The van der Waals surface area contributed by atoms with Crippen molar-refractivity contribution in [3.8, 4) is 11.4 Å². The molecule has 166 valence electrons. The quantitative estimate of drug-likeness (QED) is 0.521. The Hall–Kier alpha value is -2.61. The van der Waals surface area contributed by atoms with Gasteiger partial charge in [0.1, 0.15) is 11.3 Å². The number of aromatic nitrogens is 4. The van der Waals surface area contributed by atoms with Crippen molar-refractivity contribution in [1.82, 2.24) is 24.8 Å². The van der Waals surface area contributed by atoms with Crippen molar-refractivity contribution < 1.29 is 8.78 Å². The fourth-order valence-electron chi connectivity index (χ4n) is 4.19. The summed E-state index contributed by atoms with van der Waals surface area (Å²) in [7, 11) is 2.19. The molecule has 0 unspecified atom stereocenters. The molecule has 1 aromatic carbocycles. The molecule has 4 rings (SSSR count). The third-order valence-corrected chi connectivity index (χ3v) is 6.08. The van der Waals surface area contributed by atoms with Crippen molar-refractivity contribution in [1.29, 1.82) is 0 Å². The number of nitrogens with zero attached hydrogens (tertiary/aromatic N) is 4. The van der Waals surface area contributed by atoms with E-state index in [0.717, 1.165) is 30.6 Å². The van der Waals surface area contributed by atoms with Gasteiger partial charge in [-0.05, 0) is 69.8 Å². The maximum Gasteiger partial charge on any atom is 0.222 e. The molecule has 31 heavy (non-hydrogen) atoms. The largest absolute Gasteiger partial charge is 0.354 e. The molecule has 3 aromatic rings. The van der Waals surface area contributed by atoms with Crippen LogP contribution >= 0.6 is 0 Å². The average molecular weight is 429 g/mol. The van der Waals surface area contributed by atoms with Crippen LogP contribution in [0.15, 0.2) is 18.3 Å². The number of anilines is 1. The normalized spacial score (nSPS) is 15.8. The van der Waals surface area contributed by atoms with E-state index in [1.807, 2.05) is 13.8 Å². The topological polar surface area (TPSA) is 69.7 Å². The SMILES string of the molecule is CC(C)c1nc(NCCCC2CCN(C)CC2)ncc1-c1nc2c(F)c(F)ccc2[nH]1. The molecule has 2 aromatic heterocycles. The minimum atomic E-state index is -0.949. The molecule has 0 bridgehead atoms. The Morgan fingerprint density at radius 2 is 1.97 bits per heavy atom. The molecule has 0 spiro atoms. The van der Waals surface area contributed by atoms with Gasteiger partial charge in [0.25, 0.3) is 0 Å². The molecular weight excluding hydrogens is 398 g/mol. The summed E-state index contributed by atoms with van der Waals surface area (Å²) in [5.74, 6) is 0.0974. The molecule has 0 saturated carbocycles. The fourth-order valence-corrected chi connectivity index (χ4v) is 4.19. The number of rotatable bonds is 7. The van der Waals surface area contributed by atoms with Gasteiger partial charge in [-0.2, -0.15) is 0 Å². The number of hydrogen-bond donors (Lipinski definition) is 2. The Labute approximate surface area is 181 Å². The molecule has 1 aliphatic heterocycles. The van der Waals surface area contributed by atoms with E-state index < -0.39 is 11.6 Å². The highest BCUT2D eigenvalue weighted by molar-refractivity contribution is 5.80. The summed E-state index contributed by atoms with van der Waals surface area (Å²) < 4.78 is 27.6. The molecule has 0 atom stereocenters. The first-order valence-corrected chi connectivity index (χ1v) is 11.1. The third kappa shape index (κ3) is 4.84. The van der Waals surface area contributed by atoms with Crippen LogP contribution in [0.3, 0.4) is 0 Å². The van der Waals surface area contributed by atoms with E-state index in [2.05, 4.69) is 32.2 Å². The summed E-state index contributed by atoms with van der Waals surface area (Å²) >= 11 is 0. The number of halogens is 2. The minimum Gasteiger partial charge on any atom is -0.354 e. The Bertz CT molecular complexity index is 1040. The van der Waals surface area contributed by atoms with Gasteiger partial charge in [0, 0.05) is 12.7 Å². The molecule has 2 N–H and O–H groups in total. The molecule has 3 heterocycles. The zero-order valence-corrected chi connectivity index (χ0v) is 18.4. The van der Waals surface area contributed by atoms with Gasteiger partial charge in [-0.1, -0.05) is 13.8 Å². The van der Waals surface area contributed by atoms with Crippen molar-refractivity contribution in [2.24, 2.45) is 5.92 Å². The summed E-state index contributed by atoms with van der Waals surface area (Å²) in [5.41, 5.74) is 1.94. The van der Waals surface area contributed by atoms with Crippen LogP contribution in [0.1, 0.15) is 51.1 Å². The van der Waals surface area contributed by atoms with E-state index in [0.29, 0.717) is 22.9 Å². The molecule has 6 nitrogen and oxygen atoms in total. The van der Waals surface area contributed by atoms with Gasteiger partial charge in [-0.15, -0.1) is 0 Å². The minimum absolute atomic E-state index is 0.0131. The smallest absolute Gasteiger partial charge is 0.222 e. The van der Waals surface area contributed by atoms with E-state index in [-0.39, 0.29) is 11.4 Å². The van der Waals surface area contributed by atoms with Gasteiger partial charge < -0.3 is 15.2 Å². The third-order valence-electron chi connectivity index (χ3n) is 6.08. The average Bonchev–Trinajstić information content (AvgIpc) is 3.20. The van der Waals surface area contributed by atoms with E-state index in [4.69, 9.17) is 4.98 Å². The molecule has 1 aliphatic rings. The maximum absolute atomic E-state index is 14.1. The van der Waals surface area contributed by atoms with Gasteiger partial charge in [0.2, 0.25) is 5.95 Å². The monoisotopic (exact) mass is 428 g/mol. The van der Waals surface area contributed by atoms with Gasteiger partial charge >= 0.3 is 0 Å². The van der Waals surface area contributed by atoms with Crippen LogP contribution in [0.25, 0.3) is 22.4 Å². The fraction of sp³-hybridized carbons (Fsp3) is 0.522. The number of piperidine rings is 1. The van der Waals surface area contributed by atoms with Crippen molar-refractivity contribution in [2.75, 3.05) is 32.0 Å². The van der Waals surface area contributed by atoms with Crippen molar-refractivity contribution in [3.05, 3.63) is 35.7 Å². The second kappa shape index (κ2) is 9.26. The lowest BCUT2D eigenvalue weighted by Crippen LogP contribution is -2.30. The lowest BCUT2D eigenvalue weighted by molar-refractivity contribution is 0.211. The van der Waals surface area contributed by atoms with Crippen molar-refractivity contribution in [2.45, 2.75) is 45.4 Å². The first-order chi connectivity index (χ1) is 14.9. The summed E-state index contributed by atoms with van der Waals surface area (Å²) in [6.07, 6.45) is 6.57. The van der Waals surface area contributed by atoms with Gasteiger partial charge in [0.15, 0.2) is 11.6 Å². The molecular formula is C23H30F2N6. The zero-order valence-electron chi connectivity index (χ0n) is 18.4. The second-order valence-electron chi connectivity index (χ2n) is 8.81. The predicted octanol–water partition coefficient (Wildman–Crippen LogP) is 4.96. The summed E-state index contributed by atoms with van der Waals surface area (Å²) in [6.45, 7) is 7.30. The maximum atomic E-state index is 14.1. The Balaban J connectivity index is 1.45. The van der Waals surface area contributed by atoms with Gasteiger partial charge in [-0.3, -0.25) is 0 Å². The molecule has 0 aliphatic carbocycles. The predicted molar refractivity (Wildman–Crippen MR) is 119 cm³/mol. The molecule has 8 heteroatoms. The second-order valence-corrected chi connectivity index (χ2v) is 8.81.